The molecular formula is C41H58N4O12S. The van der Waals surface area contributed by atoms with Gasteiger partial charge >= 0.3 is 0 Å². The number of anilines is 1. The Bertz CT molecular complexity index is 1970. The van der Waals surface area contributed by atoms with Crippen LogP contribution in [0, 0.1) is 0 Å². The number of fused-ring (bicyclic) bond motifs is 1. The highest BCUT2D eigenvalue weighted by Gasteiger charge is 2.18. The Kier molecular flexibility index (Phi) is 19.2. The van der Waals surface area contributed by atoms with E-state index in [-0.39, 0.29) is 11.3 Å². The van der Waals surface area contributed by atoms with Crippen LogP contribution in [0.4, 0.5) is 5.69 Å². The number of benzene rings is 2. The summed E-state index contributed by atoms with van der Waals surface area (Å²) in [6.45, 7) is 10.3. The predicted octanol–water partition coefficient (Wildman–Crippen LogP) is 4.33. The molecule has 0 bridgehead atoms. The summed E-state index contributed by atoms with van der Waals surface area (Å²) in [6, 6.07) is 14.0. The minimum absolute atomic E-state index is 0.0768. The Morgan fingerprint density at radius 1 is 0.724 bits per heavy atom. The summed E-state index contributed by atoms with van der Waals surface area (Å²) < 4.78 is 80.2. The van der Waals surface area contributed by atoms with Crippen molar-refractivity contribution in [2.75, 3.05) is 116 Å². The molecular weight excluding hydrogens is 773 g/mol. The van der Waals surface area contributed by atoms with Crippen LogP contribution >= 0.6 is 0 Å². The first kappa shape index (κ1) is 45.1. The van der Waals surface area contributed by atoms with Gasteiger partial charge in [0.25, 0.3) is 5.56 Å². The third-order valence-electron chi connectivity index (χ3n) is 9.07. The maximum absolute atomic E-state index is 12.7. The Hall–Kier alpha value is -4.04. The number of nitrogens with one attached hydrogen (secondary N) is 3. The Labute approximate surface area is 340 Å². The number of sulfonamides is 1. The molecule has 0 spiro atoms. The third-order valence-corrected chi connectivity index (χ3v) is 10.4. The molecule has 58 heavy (non-hydrogen) atoms. The van der Waals surface area contributed by atoms with Gasteiger partial charge in [0.15, 0.2) is 0 Å². The number of aromatic nitrogens is 2. The lowest BCUT2D eigenvalue weighted by molar-refractivity contribution is -0.0308. The van der Waals surface area contributed by atoms with E-state index in [0.29, 0.717) is 144 Å². The van der Waals surface area contributed by atoms with Gasteiger partial charge in [0.05, 0.1) is 97.7 Å². The summed E-state index contributed by atoms with van der Waals surface area (Å²) in [5.74, 6) is 1.48. The molecule has 1 saturated heterocycles. The number of aryl methyl sites for hydroxylation is 1. The zero-order chi connectivity index (χ0) is 40.8. The molecule has 0 aliphatic carbocycles. The molecule has 1 aliphatic heterocycles. The van der Waals surface area contributed by atoms with Gasteiger partial charge in [-0.2, -0.15) is 0 Å². The van der Waals surface area contributed by atoms with Gasteiger partial charge < -0.3 is 57.5 Å². The van der Waals surface area contributed by atoms with Gasteiger partial charge in [-0.15, -0.1) is 0 Å². The number of hydrogen-bond donors (Lipinski definition) is 3. The predicted molar refractivity (Wildman–Crippen MR) is 221 cm³/mol. The number of rotatable bonds is 29. The molecule has 5 rings (SSSR count). The highest BCUT2D eigenvalue weighted by Crippen LogP contribution is 2.39. The summed E-state index contributed by atoms with van der Waals surface area (Å²) in [7, 11) is -1.87. The number of piperidine rings is 1. The van der Waals surface area contributed by atoms with Gasteiger partial charge in [0.1, 0.15) is 29.4 Å². The first-order chi connectivity index (χ1) is 28.3. The molecule has 3 N–H and O–H groups in total. The van der Waals surface area contributed by atoms with Crippen molar-refractivity contribution in [1.82, 2.24) is 14.9 Å². The maximum atomic E-state index is 12.7. The van der Waals surface area contributed by atoms with Gasteiger partial charge in [-0.3, -0.25) is 9.52 Å². The van der Waals surface area contributed by atoms with Crippen molar-refractivity contribution in [1.29, 1.82) is 0 Å². The van der Waals surface area contributed by atoms with Crippen molar-refractivity contribution in [3.8, 4) is 28.4 Å². The van der Waals surface area contributed by atoms with E-state index >= 15 is 0 Å². The van der Waals surface area contributed by atoms with Crippen molar-refractivity contribution >= 4 is 26.6 Å². The van der Waals surface area contributed by atoms with Crippen LogP contribution in [0.2, 0.25) is 0 Å². The summed E-state index contributed by atoms with van der Waals surface area (Å²) in [5.41, 5.74) is 1.91. The fourth-order valence-electron chi connectivity index (χ4n) is 6.04. The monoisotopic (exact) mass is 830 g/mol. The van der Waals surface area contributed by atoms with Crippen LogP contribution < -0.4 is 25.1 Å². The van der Waals surface area contributed by atoms with Crippen LogP contribution in [-0.4, -0.2) is 135 Å². The first-order valence-corrected chi connectivity index (χ1v) is 21.5. The van der Waals surface area contributed by atoms with Crippen molar-refractivity contribution in [3.63, 3.8) is 0 Å². The molecule has 2 aromatic heterocycles. The molecule has 0 atom stereocenters. The lowest BCUT2D eigenvalue weighted by Crippen LogP contribution is -2.33. The normalized spacial score (nSPS) is 13.6. The van der Waals surface area contributed by atoms with Gasteiger partial charge in [0, 0.05) is 47.7 Å². The lowest BCUT2D eigenvalue weighted by atomic mass is 10.0. The summed E-state index contributed by atoms with van der Waals surface area (Å²) >= 11 is 0. The Morgan fingerprint density at radius 2 is 1.31 bits per heavy atom. The average Bonchev–Trinajstić information content (AvgIpc) is 3.73. The molecule has 0 saturated carbocycles. The minimum Gasteiger partial charge on any atom is -0.491 e. The van der Waals surface area contributed by atoms with Crippen molar-refractivity contribution in [3.05, 3.63) is 71.3 Å². The highest BCUT2D eigenvalue weighted by atomic mass is 32.2. The van der Waals surface area contributed by atoms with E-state index < -0.39 is 10.0 Å². The quantitative estimate of drug-likeness (QED) is 0.0660. The van der Waals surface area contributed by atoms with Gasteiger partial charge in [-0.1, -0.05) is 6.07 Å². The van der Waals surface area contributed by atoms with E-state index in [9.17, 15) is 13.2 Å². The molecule has 16 nitrogen and oxygen atoms in total. The second-order valence-corrected chi connectivity index (χ2v) is 15.4. The summed E-state index contributed by atoms with van der Waals surface area (Å²) in [6.07, 6.45) is 5.88. The molecule has 17 heteroatoms. The molecule has 0 unspecified atom stereocenters. The van der Waals surface area contributed by atoms with Crippen LogP contribution in [0.5, 0.6) is 17.2 Å². The Balaban J connectivity index is 0.914. The molecule has 4 aromatic rings. The van der Waals surface area contributed by atoms with Gasteiger partial charge in [-0.25, -0.2) is 8.42 Å². The zero-order valence-electron chi connectivity index (χ0n) is 33.5. The second kappa shape index (κ2) is 24.8. The largest absolute Gasteiger partial charge is 0.491 e. The van der Waals surface area contributed by atoms with E-state index in [2.05, 4.69) is 15.0 Å². The maximum Gasteiger partial charge on any atom is 0.274 e. The van der Waals surface area contributed by atoms with E-state index in [1.807, 2.05) is 12.1 Å². The van der Waals surface area contributed by atoms with E-state index in [1.54, 1.807) is 62.8 Å². The molecule has 0 radical (unpaired) electrons. The minimum atomic E-state index is -3.53. The van der Waals surface area contributed by atoms with Crippen LogP contribution in [0.3, 0.4) is 0 Å². The number of ether oxygens (including phenoxy) is 9. The van der Waals surface area contributed by atoms with Gasteiger partial charge in [-0.05, 0) is 69.3 Å². The summed E-state index contributed by atoms with van der Waals surface area (Å²) in [5, 5.41) is 4.01. The molecule has 2 aromatic carbocycles. The van der Waals surface area contributed by atoms with Gasteiger partial charge in [0.2, 0.25) is 10.0 Å². The number of aromatic amines is 1. The molecule has 320 valence electrons. The number of hydrogen-bond acceptors (Lipinski definition) is 13. The van der Waals surface area contributed by atoms with Crippen LogP contribution in [0.25, 0.3) is 22.0 Å². The lowest BCUT2D eigenvalue weighted by Gasteiger charge is -2.22. The molecule has 1 fully saturated rings. The fourth-order valence-corrected chi connectivity index (χ4v) is 6.67. The standard InChI is InChI=1S/C41H58N4O12S/c1-3-58(47,48)44-32-7-8-39(37(29-32)38-31-45(2)41(46)40-36(38)11-14-43-40)57-35-6-4-5-34(30-35)56-28-26-54-24-22-52-20-18-50-16-15-49-17-19-51-21-23-53-25-27-55-33-9-12-42-13-10-33/h4-8,11,14,29-31,33,42-44H,3,9-10,12-13,15-28H2,1-2H3. The average molecular weight is 831 g/mol. The first-order valence-electron chi connectivity index (χ1n) is 19.8. The fraction of sp³-hybridized carbons (Fsp3) is 0.537. The van der Waals surface area contributed by atoms with E-state index in [4.69, 9.17) is 42.6 Å². The number of pyridine rings is 1. The van der Waals surface area contributed by atoms with Crippen molar-refractivity contribution in [2.45, 2.75) is 25.9 Å². The van der Waals surface area contributed by atoms with E-state index in [1.165, 1.54) is 4.57 Å². The highest BCUT2D eigenvalue weighted by molar-refractivity contribution is 7.92. The topological polar surface area (TPSA) is 179 Å². The van der Waals surface area contributed by atoms with Crippen molar-refractivity contribution < 1.29 is 51.0 Å². The number of nitrogens with zero attached hydrogens (tertiary/aromatic N) is 1. The summed E-state index contributed by atoms with van der Waals surface area (Å²) in [4.78, 5) is 15.8. The molecule has 1 aliphatic rings. The molecule has 0 amide bonds. The van der Waals surface area contributed by atoms with Crippen LogP contribution in [-0.2, 0) is 50.2 Å². The Morgan fingerprint density at radius 3 is 1.93 bits per heavy atom. The molecule has 3 heterocycles. The van der Waals surface area contributed by atoms with Crippen LogP contribution in [0.1, 0.15) is 19.8 Å². The second-order valence-electron chi connectivity index (χ2n) is 13.4. The van der Waals surface area contributed by atoms with E-state index in [0.717, 1.165) is 25.9 Å². The zero-order valence-corrected chi connectivity index (χ0v) is 34.4. The third kappa shape index (κ3) is 15.3. The van der Waals surface area contributed by atoms with Crippen LogP contribution in [0.15, 0.2) is 65.7 Å². The number of H-pyrrole nitrogens is 1. The smallest absolute Gasteiger partial charge is 0.274 e. The SMILES string of the molecule is CCS(=O)(=O)Nc1ccc(Oc2cccc(OCCOCCOCCOCCOCCOCCOCCOC3CCNCC3)c2)c(-c2cn(C)c(=O)c3[nH]ccc23)c1. The van der Waals surface area contributed by atoms with Crippen molar-refractivity contribution in [2.24, 2.45) is 7.05 Å².